The third kappa shape index (κ3) is 5.27. The number of benzene rings is 1. The van der Waals surface area contributed by atoms with Crippen molar-refractivity contribution in [2.45, 2.75) is 71.7 Å². The van der Waals surface area contributed by atoms with Crippen LogP contribution in [0.5, 0.6) is 0 Å². The smallest absolute Gasteiger partial charge is 0.252 e. The molecule has 1 fully saturated rings. The average molecular weight is 491 g/mol. The van der Waals surface area contributed by atoms with E-state index >= 15 is 0 Å². The monoisotopic (exact) mass is 490 g/mol. The van der Waals surface area contributed by atoms with Crippen LogP contribution in [0.1, 0.15) is 66.9 Å². The van der Waals surface area contributed by atoms with Gasteiger partial charge in [-0.15, -0.1) is 5.10 Å². The van der Waals surface area contributed by atoms with Gasteiger partial charge in [0.25, 0.3) is 5.56 Å². The van der Waals surface area contributed by atoms with Crippen molar-refractivity contribution in [1.29, 1.82) is 0 Å². The number of aromatic nitrogens is 5. The lowest BCUT2D eigenvalue weighted by molar-refractivity contribution is 0.0476. The zero-order valence-corrected chi connectivity index (χ0v) is 21.2. The highest BCUT2D eigenvalue weighted by molar-refractivity contribution is 5.82. The number of fused-ring (bicyclic) bond motifs is 1. The average Bonchev–Trinajstić information content (AvgIpc) is 3.62. The maximum absolute atomic E-state index is 13.2. The van der Waals surface area contributed by atoms with Crippen molar-refractivity contribution >= 4 is 10.9 Å². The SMILES string of the molecule is CCC[C@H](c1nnnn1Cc1ccco1)N(Cc1cc2cc(C)cc(C)c2[nH]c1=O)C[C@@H]1CCCO1. The summed E-state index contributed by atoms with van der Waals surface area (Å²) in [4.78, 5) is 18.7. The van der Waals surface area contributed by atoms with Crippen LogP contribution in [0.4, 0.5) is 0 Å². The van der Waals surface area contributed by atoms with Gasteiger partial charge in [-0.1, -0.05) is 25.0 Å². The molecule has 0 bridgehead atoms. The number of H-pyrrole nitrogens is 1. The van der Waals surface area contributed by atoms with Gasteiger partial charge in [0.1, 0.15) is 12.3 Å². The highest BCUT2D eigenvalue weighted by atomic mass is 16.5. The molecule has 0 unspecified atom stereocenters. The van der Waals surface area contributed by atoms with E-state index in [1.807, 2.05) is 25.1 Å². The van der Waals surface area contributed by atoms with E-state index in [2.05, 4.69) is 51.4 Å². The Balaban J connectivity index is 1.51. The first-order valence-corrected chi connectivity index (χ1v) is 12.8. The lowest BCUT2D eigenvalue weighted by atomic mass is 10.0. The zero-order chi connectivity index (χ0) is 25.1. The number of aryl methyl sites for hydroxylation is 2. The van der Waals surface area contributed by atoms with Gasteiger partial charge in [-0.2, -0.15) is 0 Å². The molecule has 0 saturated carbocycles. The molecule has 1 saturated heterocycles. The van der Waals surface area contributed by atoms with Gasteiger partial charge < -0.3 is 14.1 Å². The molecule has 4 heterocycles. The number of nitrogens with one attached hydrogen (secondary N) is 1. The molecule has 9 nitrogen and oxygen atoms in total. The molecule has 0 spiro atoms. The molecule has 4 aromatic rings. The summed E-state index contributed by atoms with van der Waals surface area (Å²) in [6, 6.07) is 9.96. The molecule has 190 valence electrons. The maximum atomic E-state index is 13.2. The zero-order valence-electron chi connectivity index (χ0n) is 21.2. The first-order chi connectivity index (χ1) is 17.5. The topological polar surface area (TPSA) is 102 Å². The highest BCUT2D eigenvalue weighted by Gasteiger charge is 2.30. The molecule has 0 amide bonds. The molecule has 36 heavy (non-hydrogen) atoms. The molecule has 0 radical (unpaired) electrons. The van der Waals surface area contributed by atoms with Crippen molar-refractivity contribution in [3.63, 3.8) is 0 Å². The van der Waals surface area contributed by atoms with Gasteiger partial charge in [-0.05, 0) is 78.8 Å². The van der Waals surface area contributed by atoms with Crippen LogP contribution in [0.15, 0.2) is 45.8 Å². The number of tetrazole rings is 1. The van der Waals surface area contributed by atoms with E-state index < -0.39 is 0 Å². The van der Waals surface area contributed by atoms with Gasteiger partial charge in [-0.3, -0.25) is 9.69 Å². The predicted octanol–water partition coefficient (Wildman–Crippen LogP) is 4.30. The quantitative estimate of drug-likeness (QED) is 0.354. The Hall–Kier alpha value is -3.30. The second-order valence-corrected chi connectivity index (χ2v) is 9.81. The van der Waals surface area contributed by atoms with Crippen LogP contribution in [0.25, 0.3) is 10.9 Å². The summed E-state index contributed by atoms with van der Waals surface area (Å²) in [5.74, 6) is 1.57. The molecular formula is C27H34N6O3. The Morgan fingerprint density at radius 2 is 2.17 bits per heavy atom. The van der Waals surface area contributed by atoms with Gasteiger partial charge in [0.2, 0.25) is 0 Å². The normalized spacial score (nSPS) is 16.8. The van der Waals surface area contributed by atoms with Crippen molar-refractivity contribution in [1.82, 2.24) is 30.1 Å². The summed E-state index contributed by atoms with van der Waals surface area (Å²) in [5.41, 5.74) is 3.82. The molecule has 1 N–H and O–H groups in total. The Morgan fingerprint density at radius 1 is 1.28 bits per heavy atom. The molecule has 1 aromatic carbocycles. The number of hydrogen-bond acceptors (Lipinski definition) is 7. The Morgan fingerprint density at radius 3 is 2.92 bits per heavy atom. The van der Waals surface area contributed by atoms with E-state index in [4.69, 9.17) is 9.15 Å². The van der Waals surface area contributed by atoms with Gasteiger partial charge in [-0.25, -0.2) is 4.68 Å². The Labute approximate surface area is 210 Å². The third-order valence-electron chi connectivity index (χ3n) is 6.95. The maximum Gasteiger partial charge on any atom is 0.252 e. The minimum Gasteiger partial charge on any atom is -0.467 e. The van der Waals surface area contributed by atoms with E-state index in [1.54, 1.807) is 10.9 Å². The van der Waals surface area contributed by atoms with Crippen molar-refractivity contribution < 1.29 is 9.15 Å². The molecular weight excluding hydrogens is 456 g/mol. The minimum absolute atomic E-state index is 0.0581. The van der Waals surface area contributed by atoms with E-state index in [9.17, 15) is 4.79 Å². The van der Waals surface area contributed by atoms with Gasteiger partial charge in [0, 0.05) is 25.3 Å². The summed E-state index contributed by atoms with van der Waals surface area (Å²) in [7, 11) is 0. The standard InChI is InChI=1S/C27H34N6O3/c1-4-7-24(26-29-30-31-33(26)17-23-9-6-11-36-23)32(16-22-8-5-10-35-22)15-21-14-20-13-18(2)12-19(3)25(20)28-27(21)34/h6,9,11-14,22,24H,4-5,7-8,10,15-17H2,1-3H3,(H,28,34)/t22-,24+/m0/s1. The Kier molecular flexibility index (Phi) is 7.29. The Bertz CT molecular complexity index is 1350. The van der Waals surface area contributed by atoms with Crippen LogP contribution in [0, 0.1) is 13.8 Å². The summed E-state index contributed by atoms with van der Waals surface area (Å²) < 4.78 is 13.4. The molecule has 5 rings (SSSR count). The van der Waals surface area contributed by atoms with Crippen LogP contribution >= 0.6 is 0 Å². The summed E-state index contributed by atoms with van der Waals surface area (Å²) in [6.45, 7) is 8.70. The van der Waals surface area contributed by atoms with Crippen LogP contribution in [0.3, 0.4) is 0 Å². The van der Waals surface area contributed by atoms with Gasteiger partial charge in [0.05, 0.1) is 23.9 Å². The predicted molar refractivity (Wildman–Crippen MR) is 137 cm³/mol. The molecule has 9 heteroatoms. The summed E-state index contributed by atoms with van der Waals surface area (Å²) in [6.07, 6.45) is 5.66. The van der Waals surface area contributed by atoms with Gasteiger partial charge >= 0.3 is 0 Å². The molecule has 1 aliphatic rings. The molecule has 2 atom stereocenters. The van der Waals surface area contributed by atoms with E-state index in [0.29, 0.717) is 19.6 Å². The fourth-order valence-electron chi connectivity index (χ4n) is 5.28. The number of pyridine rings is 1. The summed E-state index contributed by atoms with van der Waals surface area (Å²) in [5, 5.41) is 13.8. The largest absolute Gasteiger partial charge is 0.467 e. The summed E-state index contributed by atoms with van der Waals surface area (Å²) >= 11 is 0. The first kappa shape index (κ1) is 24.4. The van der Waals surface area contributed by atoms with E-state index in [-0.39, 0.29) is 17.7 Å². The van der Waals surface area contributed by atoms with Crippen LogP contribution < -0.4 is 5.56 Å². The number of hydrogen-bond donors (Lipinski definition) is 1. The molecule has 3 aromatic heterocycles. The van der Waals surface area contributed by atoms with E-state index in [0.717, 1.165) is 65.9 Å². The third-order valence-corrected chi connectivity index (χ3v) is 6.95. The van der Waals surface area contributed by atoms with Crippen molar-refractivity contribution in [2.75, 3.05) is 13.2 Å². The number of aromatic amines is 1. The van der Waals surface area contributed by atoms with Crippen LogP contribution in [-0.4, -0.2) is 49.3 Å². The second-order valence-electron chi connectivity index (χ2n) is 9.81. The first-order valence-electron chi connectivity index (χ1n) is 12.8. The van der Waals surface area contributed by atoms with Crippen molar-refractivity contribution in [3.8, 4) is 0 Å². The fourth-order valence-corrected chi connectivity index (χ4v) is 5.28. The van der Waals surface area contributed by atoms with Crippen LogP contribution in [-0.2, 0) is 17.8 Å². The number of furan rings is 1. The highest BCUT2D eigenvalue weighted by Crippen LogP contribution is 2.29. The fraction of sp³-hybridized carbons (Fsp3) is 0.481. The molecule has 1 aliphatic heterocycles. The number of nitrogens with zero attached hydrogens (tertiary/aromatic N) is 5. The van der Waals surface area contributed by atoms with E-state index in [1.165, 1.54) is 5.56 Å². The minimum atomic E-state index is -0.0708. The number of rotatable bonds is 10. The van der Waals surface area contributed by atoms with Crippen molar-refractivity contribution in [2.24, 2.45) is 0 Å². The second kappa shape index (κ2) is 10.8. The molecule has 0 aliphatic carbocycles. The van der Waals surface area contributed by atoms with Crippen LogP contribution in [0.2, 0.25) is 0 Å². The van der Waals surface area contributed by atoms with Gasteiger partial charge in [0.15, 0.2) is 5.82 Å². The number of ether oxygens (including phenoxy) is 1. The lowest BCUT2D eigenvalue weighted by Crippen LogP contribution is -2.38. The van der Waals surface area contributed by atoms with Crippen molar-refractivity contribution in [3.05, 3.63) is 75.2 Å². The lowest BCUT2D eigenvalue weighted by Gasteiger charge is -2.32.